The Balaban J connectivity index is 2.01. The van der Waals surface area contributed by atoms with E-state index in [-0.39, 0.29) is 0 Å². The first-order valence-electron chi connectivity index (χ1n) is 7.00. The van der Waals surface area contributed by atoms with E-state index in [0.29, 0.717) is 23.2 Å². The van der Waals surface area contributed by atoms with Gasteiger partial charge >= 0.3 is 0 Å². The summed E-state index contributed by atoms with van der Waals surface area (Å²) < 4.78 is 28.1. The molecule has 1 unspecified atom stereocenters. The van der Waals surface area contributed by atoms with Crippen molar-refractivity contribution in [2.24, 2.45) is 5.92 Å². The molecule has 1 aromatic rings. The quantitative estimate of drug-likeness (QED) is 0.771. The fourth-order valence-corrected chi connectivity index (χ4v) is 6.18. The summed E-state index contributed by atoms with van der Waals surface area (Å²) in [5.74, 6) is 0.425. The molecule has 1 atom stereocenters. The monoisotopic (exact) mass is 380 g/mol. The first-order valence-corrected chi connectivity index (χ1v) is 10.0. The molecule has 2 rings (SSSR count). The van der Waals surface area contributed by atoms with E-state index in [1.54, 1.807) is 16.4 Å². The summed E-state index contributed by atoms with van der Waals surface area (Å²) in [6, 6.07) is 3.48. The van der Waals surface area contributed by atoms with Gasteiger partial charge in [0.25, 0.3) is 10.0 Å². The molecule has 1 saturated heterocycles. The number of halogens is 1. The van der Waals surface area contributed by atoms with Crippen molar-refractivity contribution in [1.82, 2.24) is 9.62 Å². The highest BCUT2D eigenvalue weighted by Gasteiger charge is 2.30. The number of hydrogen-bond donors (Lipinski definition) is 1. The smallest absolute Gasteiger partial charge is 0.252 e. The summed E-state index contributed by atoms with van der Waals surface area (Å²) in [5, 5.41) is 3.39. The fourth-order valence-electron chi connectivity index (χ4n) is 2.46. The van der Waals surface area contributed by atoms with Gasteiger partial charge in [-0.05, 0) is 66.3 Å². The van der Waals surface area contributed by atoms with Crippen LogP contribution in [-0.4, -0.2) is 38.9 Å². The average Bonchev–Trinajstić information content (AvgIpc) is 2.87. The number of nitrogens with zero attached hydrogens (tertiary/aromatic N) is 1. The highest BCUT2D eigenvalue weighted by atomic mass is 79.9. The highest BCUT2D eigenvalue weighted by molar-refractivity contribution is 9.11. The first-order chi connectivity index (χ1) is 9.54. The highest BCUT2D eigenvalue weighted by Crippen LogP contribution is 2.30. The largest absolute Gasteiger partial charge is 0.316 e. The van der Waals surface area contributed by atoms with Gasteiger partial charge < -0.3 is 5.32 Å². The van der Waals surface area contributed by atoms with Gasteiger partial charge in [-0.15, -0.1) is 11.3 Å². The molecule has 0 aliphatic carbocycles. The minimum absolute atomic E-state index is 0.425. The SMILES string of the molecule is CCCNCC1CCCN(S(=O)(=O)c2ccc(Br)s2)C1. The van der Waals surface area contributed by atoms with Gasteiger partial charge in [0.1, 0.15) is 4.21 Å². The van der Waals surface area contributed by atoms with Crippen molar-refractivity contribution in [2.45, 2.75) is 30.4 Å². The van der Waals surface area contributed by atoms with Crippen LogP contribution in [0.5, 0.6) is 0 Å². The van der Waals surface area contributed by atoms with Gasteiger partial charge in [-0.1, -0.05) is 6.92 Å². The van der Waals surface area contributed by atoms with Gasteiger partial charge in [0, 0.05) is 13.1 Å². The molecule has 1 N–H and O–H groups in total. The topological polar surface area (TPSA) is 49.4 Å². The molecule has 1 fully saturated rings. The molecular formula is C13H21BrN2O2S2. The van der Waals surface area contributed by atoms with Crippen molar-refractivity contribution < 1.29 is 8.42 Å². The van der Waals surface area contributed by atoms with E-state index < -0.39 is 10.0 Å². The predicted molar refractivity (Wildman–Crippen MR) is 86.7 cm³/mol. The number of sulfonamides is 1. The van der Waals surface area contributed by atoms with E-state index in [0.717, 1.165) is 36.1 Å². The summed E-state index contributed by atoms with van der Waals surface area (Å²) in [6.07, 6.45) is 3.17. The lowest BCUT2D eigenvalue weighted by Gasteiger charge is -2.31. The normalized spacial score (nSPS) is 21.2. The van der Waals surface area contributed by atoms with Crippen LogP contribution in [0.15, 0.2) is 20.1 Å². The van der Waals surface area contributed by atoms with Crippen molar-refractivity contribution in [3.8, 4) is 0 Å². The number of nitrogens with one attached hydrogen (secondary N) is 1. The molecule has 1 aliphatic rings. The van der Waals surface area contributed by atoms with Crippen molar-refractivity contribution in [1.29, 1.82) is 0 Å². The maximum atomic E-state index is 12.6. The zero-order valence-corrected chi connectivity index (χ0v) is 14.9. The molecule has 0 amide bonds. The Bertz CT molecular complexity index is 530. The standard InChI is InChI=1S/C13H21BrN2O2S2/c1-2-7-15-9-11-4-3-8-16(10-11)20(17,18)13-6-5-12(14)19-13/h5-6,11,15H,2-4,7-10H2,1H3. The van der Waals surface area contributed by atoms with Gasteiger partial charge in [0.05, 0.1) is 3.79 Å². The summed E-state index contributed by atoms with van der Waals surface area (Å²) in [4.78, 5) is 0. The Morgan fingerprint density at radius 1 is 1.50 bits per heavy atom. The Kier molecular flexibility index (Phi) is 6.04. The van der Waals surface area contributed by atoms with Crippen LogP contribution >= 0.6 is 27.3 Å². The van der Waals surface area contributed by atoms with Gasteiger partial charge in [-0.2, -0.15) is 4.31 Å². The van der Waals surface area contributed by atoms with Gasteiger partial charge in [0.15, 0.2) is 0 Å². The third-order valence-electron chi connectivity index (χ3n) is 3.48. The van der Waals surface area contributed by atoms with Crippen LogP contribution < -0.4 is 5.32 Å². The van der Waals surface area contributed by atoms with E-state index >= 15 is 0 Å². The summed E-state index contributed by atoms with van der Waals surface area (Å²) in [5.41, 5.74) is 0. The van der Waals surface area contributed by atoms with E-state index in [4.69, 9.17) is 0 Å². The number of rotatable bonds is 6. The second-order valence-electron chi connectivity index (χ2n) is 5.13. The second-order valence-corrected chi connectivity index (χ2v) is 9.76. The maximum absolute atomic E-state index is 12.6. The van der Waals surface area contributed by atoms with Gasteiger partial charge in [-0.25, -0.2) is 8.42 Å². The molecule has 0 bridgehead atoms. The molecule has 7 heteroatoms. The Labute approximate surface area is 133 Å². The molecule has 1 aromatic heterocycles. The molecule has 0 saturated carbocycles. The van der Waals surface area contributed by atoms with Crippen LogP contribution in [0.4, 0.5) is 0 Å². The van der Waals surface area contributed by atoms with E-state index in [1.165, 1.54) is 11.3 Å². The Morgan fingerprint density at radius 3 is 2.95 bits per heavy atom. The molecule has 20 heavy (non-hydrogen) atoms. The van der Waals surface area contributed by atoms with E-state index in [2.05, 4.69) is 28.2 Å². The van der Waals surface area contributed by atoms with E-state index in [9.17, 15) is 8.42 Å². The minimum Gasteiger partial charge on any atom is -0.316 e. The lowest BCUT2D eigenvalue weighted by Crippen LogP contribution is -2.42. The average molecular weight is 381 g/mol. The van der Waals surface area contributed by atoms with Crippen molar-refractivity contribution in [2.75, 3.05) is 26.2 Å². The second kappa shape index (κ2) is 7.35. The molecule has 0 radical (unpaired) electrons. The number of hydrogen-bond acceptors (Lipinski definition) is 4. The lowest BCUT2D eigenvalue weighted by molar-refractivity contribution is 0.261. The minimum atomic E-state index is -3.31. The van der Waals surface area contributed by atoms with Crippen LogP contribution in [0.1, 0.15) is 26.2 Å². The lowest BCUT2D eigenvalue weighted by atomic mass is 10.00. The zero-order chi connectivity index (χ0) is 14.6. The first kappa shape index (κ1) is 16.4. The molecule has 0 spiro atoms. The maximum Gasteiger partial charge on any atom is 0.252 e. The van der Waals surface area contributed by atoms with Crippen molar-refractivity contribution in [3.05, 3.63) is 15.9 Å². The summed E-state index contributed by atoms with van der Waals surface area (Å²) in [6.45, 7) is 5.32. The van der Waals surface area contributed by atoms with Crippen LogP contribution in [0.2, 0.25) is 0 Å². The third kappa shape index (κ3) is 4.04. The summed E-state index contributed by atoms with van der Waals surface area (Å²) in [7, 11) is -3.31. The number of piperidine rings is 1. The van der Waals surface area contributed by atoms with E-state index in [1.807, 2.05) is 0 Å². The zero-order valence-electron chi connectivity index (χ0n) is 11.6. The summed E-state index contributed by atoms with van der Waals surface area (Å²) >= 11 is 4.61. The van der Waals surface area contributed by atoms with Crippen LogP contribution in [-0.2, 0) is 10.0 Å². The molecule has 2 heterocycles. The molecule has 114 valence electrons. The molecule has 4 nitrogen and oxygen atoms in total. The predicted octanol–water partition coefficient (Wildman–Crippen LogP) is 2.91. The fraction of sp³-hybridized carbons (Fsp3) is 0.692. The van der Waals surface area contributed by atoms with Gasteiger partial charge in [-0.3, -0.25) is 0 Å². The van der Waals surface area contributed by atoms with Crippen LogP contribution in [0.25, 0.3) is 0 Å². The number of thiophene rings is 1. The molecule has 1 aliphatic heterocycles. The third-order valence-corrected chi connectivity index (χ3v) is 7.44. The van der Waals surface area contributed by atoms with Crippen LogP contribution in [0, 0.1) is 5.92 Å². The van der Waals surface area contributed by atoms with Crippen LogP contribution in [0.3, 0.4) is 0 Å². The Hall–Kier alpha value is 0.0500. The Morgan fingerprint density at radius 2 is 2.30 bits per heavy atom. The van der Waals surface area contributed by atoms with Gasteiger partial charge in [0.2, 0.25) is 0 Å². The molecular weight excluding hydrogens is 360 g/mol. The molecule has 0 aromatic carbocycles. The van der Waals surface area contributed by atoms with Crippen molar-refractivity contribution in [3.63, 3.8) is 0 Å². The van der Waals surface area contributed by atoms with Crippen molar-refractivity contribution >= 4 is 37.3 Å².